The molecule has 0 aliphatic rings. The zero-order chi connectivity index (χ0) is 14.9. The number of thiophene rings is 1. The molecule has 0 saturated heterocycles. The van der Waals surface area contributed by atoms with Crippen LogP contribution in [-0.2, 0) is 0 Å². The van der Waals surface area contributed by atoms with Crippen molar-refractivity contribution in [3.05, 3.63) is 50.7 Å². The van der Waals surface area contributed by atoms with E-state index in [9.17, 15) is 9.90 Å². The van der Waals surface area contributed by atoms with E-state index in [1.165, 1.54) is 9.75 Å². The molecule has 2 N–H and O–H groups in total. The zero-order valence-electron chi connectivity index (χ0n) is 12.2. The van der Waals surface area contributed by atoms with Crippen LogP contribution in [0.4, 0.5) is 0 Å². The Bertz CT molecular complexity index is 646. The SMILES string of the molecule is Cc1cc(C(C)NC(=O)c2ccc(O)c(C)c2)c(C)s1. The van der Waals surface area contributed by atoms with Crippen LogP contribution in [0.25, 0.3) is 0 Å². The van der Waals surface area contributed by atoms with Gasteiger partial charge in [0.05, 0.1) is 6.04 Å². The topological polar surface area (TPSA) is 49.3 Å². The molecule has 0 bridgehead atoms. The molecule has 1 amide bonds. The second-order valence-corrected chi connectivity index (χ2v) is 6.53. The first-order valence-electron chi connectivity index (χ1n) is 6.56. The smallest absolute Gasteiger partial charge is 0.251 e. The summed E-state index contributed by atoms with van der Waals surface area (Å²) in [6.07, 6.45) is 0. The Kier molecular flexibility index (Phi) is 4.14. The molecule has 0 radical (unpaired) electrons. The van der Waals surface area contributed by atoms with Gasteiger partial charge in [-0.25, -0.2) is 0 Å². The molecular weight excluding hydrogens is 270 g/mol. The van der Waals surface area contributed by atoms with Crippen LogP contribution in [0.5, 0.6) is 5.75 Å². The Hall–Kier alpha value is -1.81. The highest BCUT2D eigenvalue weighted by atomic mass is 32.1. The van der Waals surface area contributed by atoms with Crippen LogP contribution >= 0.6 is 11.3 Å². The van der Waals surface area contributed by atoms with Crippen molar-refractivity contribution < 1.29 is 9.90 Å². The summed E-state index contributed by atoms with van der Waals surface area (Å²) in [5.74, 6) is 0.0859. The van der Waals surface area contributed by atoms with Gasteiger partial charge >= 0.3 is 0 Å². The molecule has 1 heterocycles. The number of carbonyl (C=O) groups is 1. The molecule has 0 fully saturated rings. The lowest BCUT2D eigenvalue weighted by Gasteiger charge is -2.14. The maximum Gasteiger partial charge on any atom is 0.251 e. The van der Waals surface area contributed by atoms with Crippen LogP contribution in [0.3, 0.4) is 0 Å². The number of amides is 1. The quantitative estimate of drug-likeness (QED) is 0.901. The minimum absolute atomic E-state index is 0.0263. The van der Waals surface area contributed by atoms with Gasteiger partial charge in [-0.2, -0.15) is 0 Å². The Morgan fingerprint density at radius 2 is 1.95 bits per heavy atom. The van der Waals surface area contributed by atoms with Gasteiger partial charge in [0.15, 0.2) is 0 Å². The van der Waals surface area contributed by atoms with Crippen LogP contribution in [0.15, 0.2) is 24.3 Å². The molecule has 0 saturated carbocycles. The molecule has 3 nitrogen and oxygen atoms in total. The highest BCUT2D eigenvalue weighted by Crippen LogP contribution is 2.26. The molecule has 106 valence electrons. The largest absolute Gasteiger partial charge is 0.508 e. The van der Waals surface area contributed by atoms with Crippen molar-refractivity contribution in [2.75, 3.05) is 0 Å². The van der Waals surface area contributed by atoms with Crippen molar-refractivity contribution in [1.82, 2.24) is 5.32 Å². The number of aromatic hydroxyl groups is 1. The number of nitrogens with one attached hydrogen (secondary N) is 1. The summed E-state index contributed by atoms with van der Waals surface area (Å²) < 4.78 is 0. The van der Waals surface area contributed by atoms with Crippen LogP contribution in [-0.4, -0.2) is 11.0 Å². The van der Waals surface area contributed by atoms with Gasteiger partial charge in [0.1, 0.15) is 5.75 Å². The minimum Gasteiger partial charge on any atom is -0.508 e. The Labute approximate surface area is 123 Å². The number of hydrogen-bond donors (Lipinski definition) is 2. The average molecular weight is 289 g/mol. The first-order chi connectivity index (χ1) is 9.38. The van der Waals surface area contributed by atoms with Crippen molar-refractivity contribution in [2.24, 2.45) is 0 Å². The van der Waals surface area contributed by atoms with E-state index in [1.807, 2.05) is 6.92 Å². The van der Waals surface area contributed by atoms with Gasteiger partial charge in [-0.15, -0.1) is 11.3 Å². The molecule has 2 aromatic rings. The van der Waals surface area contributed by atoms with Crippen molar-refractivity contribution in [1.29, 1.82) is 0 Å². The zero-order valence-corrected chi connectivity index (χ0v) is 13.0. The fraction of sp³-hybridized carbons (Fsp3) is 0.312. The van der Waals surface area contributed by atoms with Crippen molar-refractivity contribution >= 4 is 17.2 Å². The summed E-state index contributed by atoms with van der Waals surface area (Å²) in [6, 6.07) is 6.97. The fourth-order valence-corrected chi connectivity index (χ4v) is 3.26. The van der Waals surface area contributed by atoms with Gasteiger partial charge < -0.3 is 10.4 Å². The van der Waals surface area contributed by atoms with Gasteiger partial charge in [0.2, 0.25) is 0 Å². The molecule has 2 rings (SSSR count). The van der Waals surface area contributed by atoms with Gasteiger partial charge in [0, 0.05) is 15.3 Å². The Balaban J connectivity index is 2.15. The summed E-state index contributed by atoms with van der Waals surface area (Å²) in [5.41, 5.74) is 2.43. The first kappa shape index (κ1) is 14.6. The van der Waals surface area contributed by atoms with Gasteiger partial charge in [-0.3, -0.25) is 4.79 Å². The van der Waals surface area contributed by atoms with Gasteiger partial charge in [-0.05, 0) is 63.1 Å². The highest BCUT2D eigenvalue weighted by Gasteiger charge is 2.15. The summed E-state index contributed by atoms with van der Waals surface area (Å²) in [5, 5.41) is 12.5. The summed E-state index contributed by atoms with van der Waals surface area (Å²) in [7, 11) is 0. The second-order valence-electron chi connectivity index (χ2n) is 5.06. The third-order valence-corrected chi connectivity index (χ3v) is 4.33. The number of phenols is 1. The van der Waals surface area contributed by atoms with Gasteiger partial charge in [0.25, 0.3) is 5.91 Å². The van der Waals surface area contributed by atoms with Crippen molar-refractivity contribution in [2.45, 2.75) is 33.7 Å². The summed E-state index contributed by atoms with van der Waals surface area (Å²) in [6.45, 7) is 7.90. The van der Waals surface area contributed by atoms with E-state index >= 15 is 0 Å². The molecule has 20 heavy (non-hydrogen) atoms. The van der Waals surface area contributed by atoms with Crippen LogP contribution < -0.4 is 5.32 Å². The first-order valence-corrected chi connectivity index (χ1v) is 7.37. The van der Waals surface area contributed by atoms with E-state index < -0.39 is 0 Å². The summed E-state index contributed by atoms with van der Waals surface area (Å²) >= 11 is 1.74. The average Bonchev–Trinajstić information content (AvgIpc) is 2.71. The van der Waals surface area contributed by atoms with Crippen molar-refractivity contribution in [3.63, 3.8) is 0 Å². The number of benzene rings is 1. The van der Waals surface area contributed by atoms with Crippen LogP contribution in [0, 0.1) is 20.8 Å². The van der Waals surface area contributed by atoms with E-state index in [0.717, 1.165) is 5.56 Å². The fourth-order valence-electron chi connectivity index (χ4n) is 2.23. The van der Waals surface area contributed by atoms with Crippen LogP contribution in [0.2, 0.25) is 0 Å². The molecule has 0 aliphatic heterocycles. The molecular formula is C16H19NO2S. The standard InChI is InChI=1S/C16H19NO2S/c1-9-7-13(5-6-15(9)18)16(19)17-11(3)14-8-10(2)20-12(14)4/h5-8,11,18H,1-4H3,(H,17,19). The maximum atomic E-state index is 12.2. The normalized spacial score (nSPS) is 12.2. The predicted molar refractivity (Wildman–Crippen MR) is 82.5 cm³/mol. The maximum absolute atomic E-state index is 12.2. The van der Waals surface area contributed by atoms with E-state index in [-0.39, 0.29) is 17.7 Å². The highest BCUT2D eigenvalue weighted by molar-refractivity contribution is 7.12. The molecule has 4 heteroatoms. The summed E-state index contributed by atoms with van der Waals surface area (Å²) in [4.78, 5) is 14.7. The molecule has 1 unspecified atom stereocenters. The molecule has 0 spiro atoms. The van der Waals surface area contributed by atoms with E-state index in [0.29, 0.717) is 11.1 Å². The third kappa shape index (κ3) is 3.02. The molecule has 1 atom stereocenters. The molecule has 1 aromatic heterocycles. The lowest BCUT2D eigenvalue weighted by atomic mass is 10.1. The van der Waals surface area contributed by atoms with Crippen LogP contribution in [0.1, 0.15) is 44.2 Å². The van der Waals surface area contributed by atoms with Crippen molar-refractivity contribution in [3.8, 4) is 5.75 Å². The molecule has 0 aliphatic carbocycles. The van der Waals surface area contributed by atoms with E-state index in [4.69, 9.17) is 0 Å². The monoisotopic (exact) mass is 289 g/mol. The Morgan fingerprint density at radius 3 is 2.50 bits per heavy atom. The lowest BCUT2D eigenvalue weighted by molar-refractivity contribution is 0.0940. The number of hydrogen-bond acceptors (Lipinski definition) is 3. The number of aryl methyl sites for hydroxylation is 3. The minimum atomic E-state index is -0.121. The molecule has 1 aromatic carbocycles. The lowest BCUT2D eigenvalue weighted by Crippen LogP contribution is -2.26. The number of rotatable bonds is 3. The van der Waals surface area contributed by atoms with E-state index in [1.54, 1.807) is 36.5 Å². The second kappa shape index (κ2) is 5.67. The Morgan fingerprint density at radius 1 is 1.25 bits per heavy atom. The van der Waals surface area contributed by atoms with E-state index in [2.05, 4.69) is 25.2 Å². The van der Waals surface area contributed by atoms with Gasteiger partial charge in [-0.1, -0.05) is 0 Å². The predicted octanol–water partition coefficient (Wildman–Crippen LogP) is 3.87. The number of phenolic OH excluding ortho intramolecular Hbond substituents is 1. The third-order valence-electron chi connectivity index (χ3n) is 3.35. The number of carbonyl (C=O) groups excluding carboxylic acids is 1.